The molecule has 0 spiro atoms. The van der Waals surface area contributed by atoms with E-state index in [1.165, 1.54) is 44.7 Å². The summed E-state index contributed by atoms with van der Waals surface area (Å²) in [5, 5.41) is 12.1. The Morgan fingerprint density at radius 3 is 2.61 bits per heavy atom. The van der Waals surface area contributed by atoms with Crippen molar-refractivity contribution in [3.05, 3.63) is 18.1 Å². The van der Waals surface area contributed by atoms with E-state index in [1.54, 1.807) is 6.20 Å². The van der Waals surface area contributed by atoms with Crippen LogP contribution in [0.5, 0.6) is 0 Å². The van der Waals surface area contributed by atoms with Gasteiger partial charge >= 0.3 is 0 Å². The number of aromatic nitrogens is 2. The summed E-state index contributed by atoms with van der Waals surface area (Å²) >= 11 is 0. The van der Waals surface area contributed by atoms with Crippen LogP contribution in [0.3, 0.4) is 0 Å². The van der Waals surface area contributed by atoms with Crippen molar-refractivity contribution in [1.29, 1.82) is 5.26 Å². The van der Waals surface area contributed by atoms with Crippen molar-refractivity contribution >= 4 is 5.82 Å². The molecular weight excluding hydrogens is 224 g/mol. The molecular formula is C14H20N4. The van der Waals surface area contributed by atoms with Crippen LogP contribution in [0.1, 0.15) is 51.1 Å². The van der Waals surface area contributed by atoms with Gasteiger partial charge in [0.15, 0.2) is 5.69 Å². The van der Waals surface area contributed by atoms with E-state index in [9.17, 15) is 0 Å². The highest BCUT2D eigenvalue weighted by atomic mass is 15.0. The van der Waals surface area contributed by atoms with Crippen molar-refractivity contribution in [2.24, 2.45) is 5.92 Å². The lowest BCUT2D eigenvalue weighted by Gasteiger charge is -2.29. The van der Waals surface area contributed by atoms with Crippen LogP contribution in [0.2, 0.25) is 0 Å². The molecule has 0 aliphatic heterocycles. The van der Waals surface area contributed by atoms with Crippen molar-refractivity contribution < 1.29 is 0 Å². The van der Waals surface area contributed by atoms with E-state index < -0.39 is 0 Å². The Bertz CT molecular complexity index is 399. The van der Waals surface area contributed by atoms with E-state index in [0.29, 0.717) is 11.7 Å². The minimum atomic E-state index is 0.368. The maximum Gasteiger partial charge on any atom is 0.158 e. The van der Waals surface area contributed by atoms with E-state index in [1.807, 2.05) is 6.07 Å². The first-order valence-corrected chi connectivity index (χ1v) is 6.80. The predicted molar refractivity (Wildman–Crippen MR) is 71.0 cm³/mol. The number of nitrogens with one attached hydrogen (secondary N) is 1. The monoisotopic (exact) mass is 244 g/mol. The average molecular weight is 244 g/mol. The van der Waals surface area contributed by atoms with E-state index in [0.717, 1.165) is 11.7 Å². The Morgan fingerprint density at radius 1 is 1.28 bits per heavy atom. The second kappa shape index (κ2) is 6.34. The van der Waals surface area contributed by atoms with Crippen LogP contribution in [0.4, 0.5) is 5.82 Å². The summed E-state index contributed by atoms with van der Waals surface area (Å²) < 4.78 is 0. The number of rotatable bonds is 4. The topological polar surface area (TPSA) is 61.6 Å². The zero-order valence-corrected chi connectivity index (χ0v) is 10.9. The lowest BCUT2D eigenvalue weighted by atomic mass is 9.83. The van der Waals surface area contributed by atoms with Gasteiger partial charge in [0.1, 0.15) is 11.9 Å². The predicted octanol–water partition coefficient (Wildman–Crippen LogP) is 3.12. The molecule has 0 amide bonds. The van der Waals surface area contributed by atoms with Gasteiger partial charge in [-0.25, -0.2) is 9.97 Å². The molecule has 1 N–H and O–H groups in total. The molecule has 0 radical (unpaired) electrons. The third-order valence-corrected chi connectivity index (χ3v) is 3.66. The molecule has 4 nitrogen and oxygen atoms in total. The van der Waals surface area contributed by atoms with Gasteiger partial charge in [-0.05, 0) is 31.6 Å². The lowest BCUT2D eigenvalue weighted by Crippen LogP contribution is -2.26. The molecule has 1 fully saturated rings. The Labute approximate surface area is 108 Å². The third-order valence-electron chi connectivity index (χ3n) is 3.66. The van der Waals surface area contributed by atoms with Crippen LogP contribution in [0, 0.1) is 17.2 Å². The van der Waals surface area contributed by atoms with Gasteiger partial charge in [-0.2, -0.15) is 5.26 Å². The molecule has 18 heavy (non-hydrogen) atoms. The van der Waals surface area contributed by atoms with Crippen molar-refractivity contribution in [2.75, 3.05) is 5.32 Å². The van der Waals surface area contributed by atoms with Crippen molar-refractivity contribution in [1.82, 2.24) is 9.97 Å². The van der Waals surface area contributed by atoms with Crippen LogP contribution in [0.25, 0.3) is 0 Å². The molecule has 0 unspecified atom stereocenters. The first kappa shape index (κ1) is 12.8. The number of hydrogen-bond donors (Lipinski definition) is 1. The van der Waals surface area contributed by atoms with Crippen molar-refractivity contribution in [3.63, 3.8) is 0 Å². The van der Waals surface area contributed by atoms with E-state index >= 15 is 0 Å². The number of nitrogens with zero attached hydrogens (tertiary/aromatic N) is 3. The average Bonchev–Trinajstić information content (AvgIpc) is 2.42. The second-order valence-electron chi connectivity index (χ2n) is 5.05. The van der Waals surface area contributed by atoms with Crippen LogP contribution in [-0.2, 0) is 0 Å². The third kappa shape index (κ3) is 3.43. The van der Waals surface area contributed by atoms with E-state index in [2.05, 4.69) is 22.2 Å². The molecule has 0 atom stereocenters. The fraction of sp³-hybridized carbons (Fsp3) is 0.643. The summed E-state index contributed by atoms with van der Waals surface area (Å²) in [6.07, 6.45) is 10.9. The number of anilines is 1. The molecule has 1 heterocycles. The Hall–Kier alpha value is -1.63. The maximum absolute atomic E-state index is 8.66. The fourth-order valence-electron chi connectivity index (χ4n) is 2.67. The van der Waals surface area contributed by atoms with Crippen LogP contribution < -0.4 is 5.32 Å². The molecule has 1 aliphatic rings. The largest absolute Gasteiger partial charge is 0.366 e. The van der Waals surface area contributed by atoms with E-state index in [-0.39, 0.29) is 0 Å². The fourth-order valence-corrected chi connectivity index (χ4v) is 2.67. The molecule has 2 rings (SSSR count). The molecule has 1 saturated carbocycles. The SMILES string of the molecule is CCCC1CCC(Nc2cnc(C#N)cn2)CC1. The molecule has 1 aromatic rings. The Morgan fingerprint density at radius 2 is 2.06 bits per heavy atom. The highest BCUT2D eigenvalue weighted by molar-refractivity contribution is 5.34. The van der Waals surface area contributed by atoms with Gasteiger partial charge in [0.25, 0.3) is 0 Å². The normalized spacial score (nSPS) is 23.3. The van der Waals surface area contributed by atoms with Gasteiger partial charge in [-0.3, -0.25) is 0 Å². The van der Waals surface area contributed by atoms with Crippen LogP contribution in [0.15, 0.2) is 12.4 Å². The highest BCUT2D eigenvalue weighted by Crippen LogP contribution is 2.28. The molecule has 0 saturated heterocycles. The molecule has 1 aromatic heterocycles. The van der Waals surface area contributed by atoms with Crippen molar-refractivity contribution in [3.8, 4) is 6.07 Å². The second-order valence-corrected chi connectivity index (χ2v) is 5.05. The summed E-state index contributed by atoms with van der Waals surface area (Å²) in [6, 6.07) is 2.49. The summed E-state index contributed by atoms with van der Waals surface area (Å²) in [6.45, 7) is 2.26. The zero-order chi connectivity index (χ0) is 12.8. The molecule has 1 aliphatic carbocycles. The number of hydrogen-bond acceptors (Lipinski definition) is 4. The summed E-state index contributed by atoms with van der Waals surface area (Å²) in [7, 11) is 0. The minimum absolute atomic E-state index is 0.368. The highest BCUT2D eigenvalue weighted by Gasteiger charge is 2.20. The van der Waals surface area contributed by atoms with Gasteiger partial charge in [0.2, 0.25) is 0 Å². The van der Waals surface area contributed by atoms with E-state index in [4.69, 9.17) is 5.26 Å². The first-order chi connectivity index (χ1) is 8.81. The molecule has 96 valence electrons. The summed E-state index contributed by atoms with van der Waals surface area (Å²) in [4.78, 5) is 8.22. The van der Waals surface area contributed by atoms with Crippen LogP contribution >= 0.6 is 0 Å². The molecule has 4 heteroatoms. The number of nitriles is 1. The quantitative estimate of drug-likeness (QED) is 0.884. The Kier molecular flexibility index (Phi) is 4.52. The molecule has 0 aromatic carbocycles. The minimum Gasteiger partial charge on any atom is -0.366 e. The van der Waals surface area contributed by atoms with Gasteiger partial charge in [0.05, 0.1) is 12.4 Å². The summed E-state index contributed by atoms with van der Waals surface area (Å²) in [5.41, 5.74) is 0.368. The maximum atomic E-state index is 8.66. The standard InChI is InChI=1S/C14H20N4/c1-2-3-11-4-6-12(7-5-11)18-14-10-16-13(8-15)9-17-14/h9-12H,2-7H2,1H3,(H,17,18). The van der Waals surface area contributed by atoms with Gasteiger partial charge in [0, 0.05) is 6.04 Å². The lowest BCUT2D eigenvalue weighted by molar-refractivity contribution is 0.318. The van der Waals surface area contributed by atoms with Gasteiger partial charge in [-0.15, -0.1) is 0 Å². The smallest absolute Gasteiger partial charge is 0.158 e. The zero-order valence-electron chi connectivity index (χ0n) is 10.9. The summed E-state index contributed by atoms with van der Waals surface area (Å²) in [5.74, 6) is 1.70. The van der Waals surface area contributed by atoms with Crippen LogP contribution in [-0.4, -0.2) is 16.0 Å². The Balaban J connectivity index is 1.82. The first-order valence-electron chi connectivity index (χ1n) is 6.80. The van der Waals surface area contributed by atoms with Gasteiger partial charge < -0.3 is 5.32 Å². The molecule has 0 bridgehead atoms. The van der Waals surface area contributed by atoms with Gasteiger partial charge in [-0.1, -0.05) is 19.8 Å². The van der Waals surface area contributed by atoms with Crippen molar-refractivity contribution in [2.45, 2.75) is 51.5 Å².